The summed E-state index contributed by atoms with van der Waals surface area (Å²) >= 11 is 0. The Kier molecular flexibility index (Phi) is 2.26. The number of halogens is 3. The highest BCUT2D eigenvalue weighted by Crippen LogP contribution is 2.24. The first-order chi connectivity index (χ1) is 7.07. The van der Waals surface area contributed by atoms with E-state index in [1.807, 2.05) is 0 Å². The van der Waals surface area contributed by atoms with E-state index in [2.05, 4.69) is 15.2 Å². The van der Waals surface area contributed by atoms with Crippen LogP contribution in [-0.2, 0) is 0 Å². The van der Waals surface area contributed by atoms with Crippen molar-refractivity contribution in [1.82, 2.24) is 4.98 Å². The molecule has 2 rings (SSSR count). The van der Waals surface area contributed by atoms with Gasteiger partial charge in [-0.15, -0.1) is 5.10 Å². The van der Waals surface area contributed by atoms with Gasteiger partial charge in [0.1, 0.15) is 5.71 Å². The molecule has 0 unspecified atom stereocenters. The van der Waals surface area contributed by atoms with Gasteiger partial charge in [-0.2, -0.15) is 18.3 Å². The van der Waals surface area contributed by atoms with Crippen LogP contribution in [0.25, 0.3) is 0 Å². The Morgan fingerprint density at radius 3 is 2.47 bits per heavy atom. The third-order valence-electron chi connectivity index (χ3n) is 1.91. The van der Waals surface area contributed by atoms with E-state index in [4.69, 9.17) is 0 Å². The smallest absolute Gasteiger partial charge is 0.255 e. The maximum absolute atomic E-state index is 12.2. The zero-order valence-corrected chi connectivity index (χ0v) is 7.49. The summed E-state index contributed by atoms with van der Waals surface area (Å²) < 4.78 is 36.7. The first-order valence-electron chi connectivity index (χ1n) is 4.19. The molecule has 0 fully saturated rings. The molecule has 15 heavy (non-hydrogen) atoms. The lowest BCUT2D eigenvalue weighted by molar-refractivity contribution is -0.0596. The highest BCUT2D eigenvalue weighted by molar-refractivity contribution is 6.15. The topological polar surface area (TPSA) is 37.6 Å². The first kappa shape index (κ1) is 9.82. The van der Waals surface area contributed by atoms with Crippen molar-refractivity contribution in [2.75, 3.05) is 0 Å². The lowest BCUT2D eigenvalue weighted by atomic mass is 10.1. The van der Waals surface area contributed by atoms with Crippen molar-refractivity contribution < 1.29 is 13.2 Å². The highest BCUT2D eigenvalue weighted by Gasteiger charge is 2.38. The van der Waals surface area contributed by atoms with Gasteiger partial charge in [0.05, 0.1) is 11.4 Å². The monoisotopic (exact) mass is 213 g/mol. The Morgan fingerprint density at radius 2 is 1.93 bits per heavy atom. The molecule has 0 bridgehead atoms. The van der Waals surface area contributed by atoms with E-state index in [0.29, 0.717) is 5.69 Å². The molecule has 0 saturated heterocycles. The van der Waals surface area contributed by atoms with Gasteiger partial charge in [0.25, 0.3) is 0 Å². The molecule has 1 aliphatic rings. The zero-order valence-electron chi connectivity index (χ0n) is 7.49. The van der Waals surface area contributed by atoms with Crippen molar-refractivity contribution in [1.29, 1.82) is 0 Å². The van der Waals surface area contributed by atoms with E-state index < -0.39 is 11.9 Å². The maximum Gasteiger partial charge on any atom is 0.431 e. The molecule has 0 saturated carbocycles. The van der Waals surface area contributed by atoms with Gasteiger partial charge in [-0.25, -0.2) is 0 Å². The number of pyridine rings is 1. The molecule has 0 spiro atoms. The lowest BCUT2D eigenvalue weighted by Crippen LogP contribution is -2.23. The van der Waals surface area contributed by atoms with Crippen LogP contribution in [0.2, 0.25) is 0 Å². The summed E-state index contributed by atoms with van der Waals surface area (Å²) in [6.07, 6.45) is -3.20. The predicted molar refractivity (Wildman–Crippen MR) is 48.9 cm³/mol. The Balaban J connectivity index is 2.15. The van der Waals surface area contributed by atoms with E-state index in [1.54, 1.807) is 18.2 Å². The van der Waals surface area contributed by atoms with Crippen molar-refractivity contribution in [2.45, 2.75) is 12.6 Å². The van der Waals surface area contributed by atoms with Gasteiger partial charge < -0.3 is 0 Å². The van der Waals surface area contributed by atoms with E-state index in [-0.39, 0.29) is 12.1 Å². The van der Waals surface area contributed by atoms with Gasteiger partial charge in [-0.05, 0) is 12.1 Å². The van der Waals surface area contributed by atoms with Crippen LogP contribution in [0, 0.1) is 0 Å². The summed E-state index contributed by atoms with van der Waals surface area (Å²) in [5, 5.41) is 6.58. The lowest BCUT2D eigenvalue weighted by Gasteiger charge is -2.04. The molecule has 0 amide bonds. The van der Waals surface area contributed by atoms with Gasteiger partial charge in [-0.3, -0.25) is 4.98 Å². The average molecular weight is 213 g/mol. The fourth-order valence-corrected chi connectivity index (χ4v) is 1.18. The number of nitrogens with zero attached hydrogens (tertiary/aromatic N) is 3. The second kappa shape index (κ2) is 3.45. The average Bonchev–Trinajstić information content (AvgIpc) is 2.67. The van der Waals surface area contributed by atoms with Crippen LogP contribution < -0.4 is 0 Å². The summed E-state index contributed by atoms with van der Waals surface area (Å²) in [5.74, 6) is 0. The molecule has 0 atom stereocenters. The molecule has 1 aromatic heterocycles. The zero-order chi connectivity index (χ0) is 10.9. The fraction of sp³-hybridized carbons (Fsp3) is 0.222. The molecule has 0 aromatic carbocycles. The van der Waals surface area contributed by atoms with Gasteiger partial charge >= 0.3 is 6.18 Å². The highest BCUT2D eigenvalue weighted by atomic mass is 19.4. The SMILES string of the molecule is FC(F)(F)C1=NN=C(c2ccccn2)C1. The van der Waals surface area contributed by atoms with Crippen LogP contribution in [0.5, 0.6) is 0 Å². The van der Waals surface area contributed by atoms with Crippen LogP contribution in [-0.4, -0.2) is 22.6 Å². The van der Waals surface area contributed by atoms with Crippen LogP contribution in [0.15, 0.2) is 34.6 Å². The van der Waals surface area contributed by atoms with Crippen molar-refractivity contribution >= 4 is 11.4 Å². The summed E-state index contributed by atoms with van der Waals surface area (Å²) in [5.41, 5.74) is -0.188. The minimum Gasteiger partial charge on any atom is -0.255 e. The quantitative estimate of drug-likeness (QED) is 0.704. The van der Waals surface area contributed by atoms with Crippen LogP contribution in [0.1, 0.15) is 12.1 Å². The second-order valence-corrected chi connectivity index (χ2v) is 2.98. The van der Waals surface area contributed by atoms with Crippen molar-refractivity contribution in [3.63, 3.8) is 0 Å². The molecule has 3 nitrogen and oxygen atoms in total. The number of rotatable bonds is 1. The van der Waals surface area contributed by atoms with Gasteiger partial charge in [0.15, 0.2) is 0 Å². The summed E-state index contributed by atoms with van der Waals surface area (Å²) in [4.78, 5) is 3.91. The van der Waals surface area contributed by atoms with Gasteiger partial charge in [0.2, 0.25) is 0 Å². The summed E-state index contributed by atoms with van der Waals surface area (Å²) in [7, 11) is 0. The molecule has 6 heteroatoms. The molecule has 2 heterocycles. The molecule has 0 aliphatic carbocycles. The molecular formula is C9H6F3N3. The van der Waals surface area contributed by atoms with E-state index >= 15 is 0 Å². The fourth-order valence-electron chi connectivity index (χ4n) is 1.18. The molecule has 1 aromatic rings. The predicted octanol–water partition coefficient (Wildman–Crippen LogP) is 2.19. The van der Waals surface area contributed by atoms with Gasteiger partial charge in [0, 0.05) is 12.6 Å². The number of alkyl halides is 3. The molecular weight excluding hydrogens is 207 g/mol. The van der Waals surface area contributed by atoms with E-state index in [9.17, 15) is 13.2 Å². The number of hydrogen-bond donors (Lipinski definition) is 0. The number of aromatic nitrogens is 1. The summed E-state index contributed by atoms with van der Waals surface area (Å²) in [6, 6.07) is 4.98. The Hall–Kier alpha value is -1.72. The van der Waals surface area contributed by atoms with Gasteiger partial charge in [-0.1, -0.05) is 6.07 Å². The minimum atomic E-state index is -4.40. The van der Waals surface area contributed by atoms with Crippen molar-refractivity contribution in [2.24, 2.45) is 10.2 Å². The Bertz CT molecular complexity index is 420. The molecule has 0 radical (unpaired) electrons. The normalized spacial score (nSPS) is 16.2. The molecule has 1 aliphatic heterocycles. The maximum atomic E-state index is 12.2. The molecule has 78 valence electrons. The second-order valence-electron chi connectivity index (χ2n) is 2.98. The third-order valence-corrected chi connectivity index (χ3v) is 1.91. The summed E-state index contributed by atoms with van der Waals surface area (Å²) in [6.45, 7) is 0. The van der Waals surface area contributed by atoms with Crippen LogP contribution >= 0.6 is 0 Å². The van der Waals surface area contributed by atoms with E-state index in [0.717, 1.165) is 0 Å². The number of hydrogen-bond acceptors (Lipinski definition) is 3. The van der Waals surface area contributed by atoms with Crippen LogP contribution in [0.3, 0.4) is 0 Å². The van der Waals surface area contributed by atoms with Crippen molar-refractivity contribution in [3.05, 3.63) is 30.1 Å². The van der Waals surface area contributed by atoms with Crippen molar-refractivity contribution in [3.8, 4) is 0 Å². The van der Waals surface area contributed by atoms with E-state index in [1.165, 1.54) is 6.20 Å². The first-order valence-corrected chi connectivity index (χ1v) is 4.19. The third kappa shape index (κ3) is 2.03. The molecule has 0 N–H and O–H groups in total. The Morgan fingerprint density at radius 1 is 1.13 bits per heavy atom. The largest absolute Gasteiger partial charge is 0.431 e. The van der Waals surface area contributed by atoms with Crippen LogP contribution in [0.4, 0.5) is 13.2 Å². The Labute approximate surface area is 83.4 Å². The standard InChI is InChI=1S/C9H6F3N3/c10-9(11,12)8-5-7(14-15-8)6-3-1-2-4-13-6/h1-4H,5H2. The minimum absolute atomic E-state index is 0.253.